The fourth-order valence-corrected chi connectivity index (χ4v) is 4.54. The van der Waals surface area contributed by atoms with E-state index in [0.29, 0.717) is 5.95 Å². The van der Waals surface area contributed by atoms with Crippen LogP contribution < -0.4 is 4.90 Å². The van der Waals surface area contributed by atoms with Gasteiger partial charge >= 0.3 is 0 Å². The van der Waals surface area contributed by atoms with E-state index >= 15 is 0 Å². The van der Waals surface area contributed by atoms with Crippen LogP contribution in [0.5, 0.6) is 0 Å². The summed E-state index contributed by atoms with van der Waals surface area (Å²) in [5.74, 6) is 0.300. The SMILES string of the molecule is O=C(c1cccs1)N1CCCC2(CCN(c3ncc(F)cn3)C2)C1. The number of likely N-dealkylation sites (tertiary alicyclic amines) is 1. The summed E-state index contributed by atoms with van der Waals surface area (Å²) in [5.41, 5.74) is 0.100. The van der Waals surface area contributed by atoms with E-state index in [0.717, 1.165) is 50.3 Å². The molecule has 0 saturated carbocycles. The van der Waals surface area contributed by atoms with E-state index in [9.17, 15) is 9.18 Å². The smallest absolute Gasteiger partial charge is 0.263 e. The maximum absolute atomic E-state index is 13.0. The summed E-state index contributed by atoms with van der Waals surface area (Å²) in [6.45, 7) is 3.28. The van der Waals surface area contributed by atoms with E-state index in [2.05, 4.69) is 14.9 Å². The Hall–Kier alpha value is -2.02. The van der Waals surface area contributed by atoms with Gasteiger partial charge in [0.25, 0.3) is 5.91 Å². The van der Waals surface area contributed by atoms with Crippen molar-refractivity contribution in [3.05, 3.63) is 40.6 Å². The van der Waals surface area contributed by atoms with Gasteiger partial charge in [0.15, 0.2) is 5.82 Å². The molecule has 0 aliphatic carbocycles. The topological polar surface area (TPSA) is 49.3 Å². The molecular weight excluding hydrogens is 327 g/mol. The highest BCUT2D eigenvalue weighted by Gasteiger charge is 2.43. The van der Waals surface area contributed by atoms with Gasteiger partial charge < -0.3 is 9.80 Å². The zero-order valence-electron chi connectivity index (χ0n) is 13.3. The second-order valence-electron chi connectivity index (χ2n) is 6.68. The van der Waals surface area contributed by atoms with Gasteiger partial charge in [-0.1, -0.05) is 6.07 Å². The van der Waals surface area contributed by atoms with Crippen LogP contribution in [-0.4, -0.2) is 47.0 Å². The maximum atomic E-state index is 13.0. The first kappa shape index (κ1) is 15.5. The van der Waals surface area contributed by atoms with Crippen LogP contribution in [0, 0.1) is 11.2 Å². The van der Waals surface area contributed by atoms with Gasteiger partial charge in [0, 0.05) is 31.6 Å². The van der Waals surface area contributed by atoms with Gasteiger partial charge in [-0.05, 0) is 30.7 Å². The first-order valence-electron chi connectivity index (χ1n) is 8.21. The summed E-state index contributed by atoms with van der Waals surface area (Å²) in [5, 5.41) is 1.94. The quantitative estimate of drug-likeness (QED) is 0.839. The molecule has 4 heterocycles. The molecule has 1 spiro atoms. The number of hydrogen-bond acceptors (Lipinski definition) is 5. The minimum Gasteiger partial charge on any atom is -0.340 e. The average Bonchev–Trinajstić information content (AvgIpc) is 3.26. The summed E-state index contributed by atoms with van der Waals surface area (Å²) >= 11 is 1.50. The Kier molecular flexibility index (Phi) is 3.96. The third-order valence-corrected chi connectivity index (χ3v) is 5.87. The Labute approximate surface area is 144 Å². The highest BCUT2D eigenvalue weighted by molar-refractivity contribution is 7.12. The molecule has 126 valence electrons. The lowest BCUT2D eigenvalue weighted by Crippen LogP contribution is -2.47. The van der Waals surface area contributed by atoms with Crippen molar-refractivity contribution >= 4 is 23.2 Å². The van der Waals surface area contributed by atoms with Crippen molar-refractivity contribution in [2.45, 2.75) is 19.3 Å². The third-order valence-electron chi connectivity index (χ3n) is 5.01. The molecule has 1 atom stereocenters. The van der Waals surface area contributed by atoms with Crippen molar-refractivity contribution in [3.8, 4) is 0 Å². The van der Waals surface area contributed by atoms with Crippen LogP contribution in [0.3, 0.4) is 0 Å². The Morgan fingerprint density at radius 1 is 1.21 bits per heavy atom. The molecular formula is C17H19FN4OS. The van der Waals surface area contributed by atoms with Crippen molar-refractivity contribution in [2.75, 3.05) is 31.1 Å². The van der Waals surface area contributed by atoms with Gasteiger partial charge in [0.1, 0.15) is 0 Å². The monoisotopic (exact) mass is 346 g/mol. The summed E-state index contributed by atoms with van der Waals surface area (Å²) in [6.07, 6.45) is 5.57. The van der Waals surface area contributed by atoms with Crippen molar-refractivity contribution in [1.82, 2.24) is 14.9 Å². The van der Waals surface area contributed by atoms with Gasteiger partial charge in [-0.3, -0.25) is 4.79 Å². The van der Waals surface area contributed by atoms with Gasteiger partial charge in [-0.2, -0.15) is 0 Å². The number of halogens is 1. The molecule has 0 bridgehead atoms. The summed E-state index contributed by atoms with van der Waals surface area (Å²) in [7, 11) is 0. The minimum atomic E-state index is -0.418. The largest absolute Gasteiger partial charge is 0.340 e. The van der Waals surface area contributed by atoms with E-state index in [1.807, 2.05) is 22.4 Å². The normalized spacial score (nSPS) is 23.9. The molecule has 7 heteroatoms. The Balaban J connectivity index is 1.47. The van der Waals surface area contributed by atoms with Crippen LogP contribution in [-0.2, 0) is 0 Å². The number of rotatable bonds is 2. The van der Waals surface area contributed by atoms with E-state index in [1.165, 1.54) is 23.7 Å². The zero-order valence-corrected chi connectivity index (χ0v) is 14.1. The van der Waals surface area contributed by atoms with Gasteiger partial charge in [0.05, 0.1) is 17.3 Å². The second-order valence-corrected chi connectivity index (χ2v) is 7.63. The van der Waals surface area contributed by atoms with E-state index in [-0.39, 0.29) is 11.3 Å². The fourth-order valence-electron chi connectivity index (χ4n) is 3.85. The molecule has 2 saturated heterocycles. The predicted octanol–water partition coefficient (Wildman–Crippen LogP) is 2.81. The van der Waals surface area contributed by atoms with Gasteiger partial charge in [-0.25, -0.2) is 14.4 Å². The minimum absolute atomic E-state index is 0.100. The van der Waals surface area contributed by atoms with Crippen LogP contribution in [0.25, 0.3) is 0 Å². The number of carbonyl (C=O) groups excluding carboxylic acids is 1. The lowest BCUT2D eigenvalue weighted by atomic mass is 9.79. The van der Waals surface area contributed by atoms with E-state index in [1.54, 1.807) is 0 Å². The Morgan fingerprint density at radius 3 is 2.79 bits per heavy atom. The van der Waals surface area contributed by atoms with Crippen molar-refractivity contribution < 1.29 is 9.18 Å². The van der Waals surface area contributed by atoms with Crippen LogP contribution in [0.4, 0.5) is 10.3 Å². The number of nitrogens with zero attached hydrogens (tertiary/aromatic N) is 4. The molecule has 4 rings (SSSR count). The molecule has 2 aromatic heterocycles. The fraction of sp³-hybridized carbons (Fsp3) is 0.471. The number of amides is 1. The summed E-state index contributed by atoms with van der Waals surface area (Å²) < 4.78 is 13.0. The maximum Gasteiger partial charge on any atom is 0.263 e. The van der Waals surface area contributed by atoms with Gasteiger partial charge in [0.2, 0.25) is 5.95 Å². The molecule has 5 nitrogen and oxygen atoms in total. The molecule has 0 aromatic carbocycles. The Bertz CT molecular complexity index is 721. The first-order valence-corrected chi connectivity index (χ1v) is 9.09. The molecule has 1 unspecified atom stereocenters. The summed E-state index contributed by atoms with van der Waals surface area (Å²) in [6, 6.07) is 3.81. The highest BCUT2D eigenvalue weighted by atomic mass is 32.1. The first-order chi connectivity index (χ1) is 11.7. The molecule has 0 N–H and O–H groups in total. The molecule has 2 aliphatic rings. The number of anilines is 1. The number of aromatic nitrogens is 2. The van der Waals surface area contributed by atoms with Crippen molar-refractivity contribution in [1.29, 1.82) is 0 Å². The number of hydrogen-bond donors (Lipinski definition) is 0. The van der Waals surface area contributed by atoms with Crippen molar-refractivity contribution in [3.63, 3.8) is 0 Å². The molecule has 2 aromatic rings. The molecule has 2 aliphatic heterocycles. The summed E-state index contributed by atoms with van der Waals surface area (Å²) in [4.78, 5) is 25.7. The van der Waals surface area contributed by atoms with Crippen LogP contribution >= 0.6 is 11.3 Å². The van der Waals surface area contributed by atoms with Gasteiger partial charge in [-0.15, -0.1) is 11.3 Å². The third kappa shape index (κ3) is 2.88. The number of thiophene rings is 1. The molecule has 24 heavy (non-hydrogen) atoms. The standard InChI is InChI=1S/C17H19FN4OS/c18-13-9-19-16(20-10-13)22-7-5-17(12-22)4-2-6-21(11-17)15(23)14-3-1-8-24-14/h1,3,8-10H,2,4-7,11-12H2. The molecule has 0 radical (unpaired) electrons. The van der Waals surface area contributed by atoms with Crippen LogP contribution in [0.15, 0.2) is 29.9 Å². The van der Waals surface area contributed by atoms with E-state index in [4.69, 9.17) is 0 Å². The molecule has 2 fully saturated rings. The van der Waals surface area contributed by atoms with Crippen LogP contribution in [0.1, 0.15) is 28.9 Å². The lowest BCUT2D eigenvalue weighted by Gasteiger charge is -2.40. The van der Waals surface area contributed by atoms with Crippen LogP contribution in [0.2, 0.25) is 0 Å². The zero-order chi connectivity index (χ0) is 16.6. The predicted molar refractivity (Wildman–Crippen MR) is 90.7 cm³/mol. The second kappa shape index (κ2) is 6.12. The number of piperidine rings is 1. The van der Waals surface area contributed by atoms with Crippen molar-refractivity contribution in [2.24, 2.45) is 5.41 Å². The average molecular weight is 346 g/mol. The lowest BCUT2D eigenvalue weighted by molar-refractivity contribution is 0.0561. The van der Waals surface area contributed by atoms with E-state index < -0.39 is 5.82 Å². The Morgan fingerprint density at radius 2 is 2.04 bits per heavy atom. The molecule has 1 amide bonds. The number of carbonyl (C=O) groups is 1. The highest BCUT2D eigenvalue weighted by Crippen LogP contribution is 2.40.